The molecule has 1 fully saturated rings. The molecule has 0 radical (unpaired) electrons. The lowest BCUT2D eigenvalue weighted by atomic mass is 9.64. The SMILES string of the molecule is CC1CCCC(C)(C)C1/C=C/C(=O)O. The van der Waals surface area contributed by atoms with E-state index in [0.717, 1.165) is 0 Å². The molecule has 1 N–H and O–H groups in total. The van der Waals surface area contributed by atoms with Crippen LogP contribution in [-0.4, -0.2) is 11.1 Å². The number of carbonyl (C=O) groups is 1. The van der Waals surface area contributed by atoms with E-state index in [-0.39, 0.29) is 5.41 Å². The van der Waals surface area contributed by atoms with Crippen LogP contribution in [0.5, 0.6) is 0 Å². The molecule has 1 aliphatic carbocycles. The van der Waals surface area contributed by atoms with Crippen LogP contribution in [-0.2, 0) is 4.79 Å². The van der Waals surface area contributed by atoms with E-state index in [2.05, 4.69) is 20.8 Å². The average Bonchev–Trinajstić information content (AvgIpc) is 2.01. The van der Waals surface area contributed by atoms with E-state index < -0.39 is 5.97 Å². The van der Waals surface area contributed by atoms with Crippen LogP contribution in [0.4, 0.5) is 0 Å². The second kappa shape index (κ2) is 4.16. The molecule has 0 amide bonds. The van der Waals surface area contributed by atoms with Crippen molar-refractivity contribution in [3.63, 3.8) is 0 Å². The Morgan fingerprint density at radius 2 is 2.14 bits per heavy atom. The quantitative estimate of drug-likeness (QED) is 0.689. The fourth-order valence-corrected chi connectivity index (χ4v) is 2.63. The van der Waals surface area contributed by atoms with Gasteiger partial charge < -0.3 is 5.11 Å². The number of hydrogen-bond acceptors (Lipinski definition) is 1. The zero-order valence-electron chi connectivity index (χ0n) is 9.29. The zero-order chi connectivity index (χ0) is 10.8. The van der Waals surface area contributed by atoms with Gasteiger partial charge in [0, 0.05) is 6.08 Å². The van der Waals surface area contributed by atoms with E-state index in [1.807, 2.05) is 6.08 Å². The molecule has 0 spiro atoms. The number of aliphatic carboxylic acids is 1. The van der Waals surface area contributed by atoms with Gasteiger partial charge in [0.25, 0.3) is 0 Å². The summed E-state index contributed by atoms with van der Waals surface area (Å²) >= 11 is 0. The van der Waals surface area contributed by atoms with Crippen LogP contribution in [0.15, 0.2) is 12.2 Å². The molecule has 80 valence electrons. The van der Waals surface area contributed by atoms with E-state index in [1.54, 1.807) is 0 Å². The van der Waals surface area contributed by atoms with Gasteiger partial charge in [0.15, 0.2) is 0 Å². The van der Waals surface area contributed by atoms with E-state index in [1.165, 1.54) is 25.3 Å². The normalized spacial score (nSPS) is 31.9. The Bertz CT molecular complexity index is 241. The molecule has 0 aromatic rings. The molecule has 1 aliphatic rings. The van der Waals surface area contributed by atoms with Gasteiger partial charge in [-0.05, 0) is 23.7 Å². The first kappa shape index (κ1) is 11.3. The Kier molecular flexibility index (Phi) is 3.35. The summed E-state index contributed by atoms with van der Waals surface area (Å²) in [5.74, 6) is 0.181. The number of carboxylic acid groups (broad SMARTS) is 1. The van der Waals surface area contributed by atoms with Crippen LogP contribution < -0.4 is 0 Å². The van der Waals surface area contributed by atoms with Crippen molar-refractivity contribution in [2.24, 2.45) is 17.3 Å². The number of carboxylic acids is 1. The molecule has 0 aromatic carbocycles. The highest BCUT2D eigenvalue weighted by Gasteiger charge is 2.34. The van der Waals surface area contributed by atoms with Crippen LogP contribution in [0.2, 0.25) is 0 Å². The summed E-state index contributed by atoms with van der Waals surface area (Å²) < 4.78 is 0. The number of hydrogen-bond donors (Lipinski definition) is 1. The molecule has 1 rings (SSSR count). The Hall–Kier alpha value is -0.790. The summed E-state index contributed by atoms with van der Waals surface area (Å²) in [6.07, 6.45) is 6.87. The molecule has 0 bridgehead atoms. The second-order valence-electron chi connectivity index (χ2n) is 5.08. The van der Waals surface area contributed by atoms with Crippen molar-refractivity contribution in [3.8, 4) is 0 Å². The van der Waals surface area contributed by atoms with Crippen LogP contribution in [0, 0.1) is 17.3 Å². The van der Waals surface area contributed by atoms with Crippen molar-refractivity contribution in [3.05, 3.63) is 12.2 Å². The molecular formula is C12H20O2. The first-order valence-corrected chi connectivity index (χ1v) is 5.34. The first-order chi connectivity index (χ1) is 6.43. The lowest BCUT2D eigenvalue weighted by Crippen LogP contribution is -2.32. The third kappa shape index (κ3) is 2.60. The number of allylic oxidation sites excluding steroid dienone is 1. The van der Waals surface area contributed by atoms with E-state index in [9.17, 15) is 4.79 Å². The minimum atomic E-state index is -0.835. The molecule has 0 aliphatic heterocycles. The predicted octanol–water partition coefficient (Wildman–Crippen LogP) is 3.09. The summed E-state index contributed by atoms with van der Waals surface area (Å²) in [6, 6.07) is 0. The molecule has 0 saturated heterocycles. The summed E-state index contributed by atoms with van der Waals surface area (Å²) in [7, 11) is 0. The van der Waals surface area contributed by atoms with Gasteiger partial charge in [-0.3, -0.25) is 0 Å². The smallest absolute Gasteiger partial charge is 0.327 e. The molecule has 2 atom stereocenters. The first-order valence-electron chi connectivity index (χ1n) is 5.34. The molecule has 2 nitrogen and oxygen atoms in total. The number of rotatable bonds is 2. The summed E-state index contributed by atoms with van der Waals surface area (Å²) in [6.45, 7) is 6.69. The summed E-state index contributed by atoms with van der Waals surface area (Å²) in [5, 5.41) is 8.61. The van der Waals surface area contributed by atoms with Crippen molar-refractivity contribution >= 4 is 5.97 Å². The third-order valence-electron chi connectivity index (χ3n) is 3.44. The van der Waals surface area contributed by atoms with Crippen LogP contribution in [0.3, 0.4) is 0 Å². The Morgan fingerprint density at radius 3 is 2.64 bits per heavy atom. The largest absolute Gasteiger partial charge is 0.478 e. The van der Waals surface area contributed by atoms with E-state index in [4.69, 9.17) is 5.11 Å². The van der Waals surface area contributed by atoms with Gasteiger partial charge in [-0.1, -0.05) is 39.7 Å². The Labute approximate surface area is 86.0 Å². The monoisotopic (exact) mass is 196 g/mol. The fraction of sp³-hybridized carbons (Fsp3) is 0.750. The Balaban J connectivity index is 2.75. The van der Waals surface area contributed by atoms with E-state index >= 15 is 0 Å². The molecule has 1 saturated carbocycles. The maximum absolute atomic E-state index is 10.5. The van der Waals surface area contributed by atoms with Crippen molar-refractivity contribution in [1.82, 2.24) is 0 Å². The maximum Gasteiger partial charge on any atom is 0.327 e. The van der Waals surface area contributed by atoms with Gasteiger partial charge in [-0.2, -0.15) is 0 Å². The summed E-state index contributed by atoms with van der Waals surface area (Å²) in [5.41, 5.74) is 0.254. The molecule has 0 aromatic heterocycles. The second-order valence-corrected chi connectivity index (χ2v) is 5.08. The van der Waals surface area contributed by atoms with Crippen LogP contribution in [0.25, 0.3) is 0 Å². The Morgan fingerprint density at radius 1 is 1.50 bits per heavy atom. The highest BCUT2D eigenvalue weighted by molar-refractivity contribution is 5.79. The predicted molar refractivity (Wildman–Crippen MR) is 57.1 cm³/mol. The van der Waals surface area contributed by atoms with Gasteiger partial charge in [0.2, 0.25) is 0 Å². The zero-order valence-corrected chi connectivity index (χ0v) is 9.29. The van der Waals surface area contributed by atoms with Gasteiger partial charge in [-0.25, -0.2) is 4.79 Å². The molecule has 2 heteroatoms. The van der Waals surface area contributed by atoms with Crippen molar-refractivity contribution < 1.29 is 9.90 Å². The van der Waals surface area contributed by atoms with E-state index in [0.29, 0.717) is 11.8 Å². The van der Waals surface area contributed by atoms with Crippen molar-refractivity contribution in [2.75, 3.05) is 0 Å². The van der Waals surface area contributed by atoms with Gasteiger partial charge in [0.05, 0.1) is 0 Å². The maximum atomic E-state index is 10.5. The lowest BCUT2D eigenvalue weighted by molar-refractivity contribution is -0.131. The highest BCUT2D eigenvalue weighted by atomic mass is 16.4. The van der Waals surface area contributed by atoms with Gasteiger partial charge in [-0.15, -0.1) is 0 Å². The van der Waals surface area contributed by atoms with Crippen molar-refractivity contribution in [2.45, 2.75) is 40.0 Å². The standard InChI is InChI=1S/C12H20O2/c1-9-5-4-8-12(2,3)10(9)6-7-11(13)14/h6-7,9-10H,4-5,8H2,1-3H3,(H,13,14)/b7-6+. The minimum Gasteiger partial charge on any atom is -0.478 e. The topological polar surface area (TPSA) is 37.3 Å². The van der Waals surface area contributed by atoms with Crippen LogP contribution >= 0.6 is 0 Å². The fourth-order valence-electron chi connectivity index (χ4n) is 2.63. The van der Waals surface area contributed by atoms with Crippen LogP contribution in [0.1, 0.15) is 40.0 Å². The molecule has 2 unspecified atom stereocenters. The lowest BCUT2D eigenvalue weighted by Gasteiger charge is -2.41. The molecular weight excluding hydrogens is 176 g/mol. The van der Waals surface area contributed by atoms with Crippen molar-refractivity contribution in [1.29, 1.82) is 0 Å². The van der Waals surface area contributed by atoms with Gasteiger partial charge >= 0.3 is 5.97 Å². The third-order valence-corrected chi connectivity index (χ3v) is 3.44. The molecule has 0 heterocycles. The molecule has 14 heavy (non-hydrogen) atoms. The minimum absolute atomic E-state index is 0.254. The van der Waals surface area contributed by atoms with Gasteiger partial charge in [0.1, 0.15) is 0 Å². The highest BCUT2D eigenvalue weighted by Crippen LogP contribution is 2.44. The summed E-state index contributed by atoms with van der Waals surface area (Å²) in [4.78, 5) is 10.5. The average molecular weight is 196 g/mol.